The summed E-state index contributed by atoms with van der Waals surface area (Å²) in [5.41, 5.74) is 34.5. The fourth-order valence-corrected chi connectivity index (χ4v) is 16.8. The number of benzene rings is 13. The number of carbonyl (C=O) groups is 2. The number of imidazole rings is 3. The number of nitrogens with zero attached hydrogens (tertiary/aromatic N) is 8. The molecule has 0 unspecified atom stereocenters. The van der Waals surface area contributed by atoms with E-state index in [2.05, 4.69) is 273 Å². The molecule has 125 heavy (non-hydrogen) atoms. The van der Waals surface area contributed by atoms with Crippen LogP contribution in [0.1, 0.15) is 118 Å². The van der Waals surface area contributed by atoms with Gasteiger partial charge in [0.1, 0.15) is 36.7 Å². The zero-order valence-corrected chi connectivity index (χ0v) is 76.7. The molecule has 0 spiro atoms. The van der Waals surface area contributed by atoms with Crippen LogP contribution in [0.5, 0.6) is 0 Å². The number of hydrogen-bond acceptors (Lipinski definition) is 6. The number of hydrogen-bond donors (Lipinski definition) is 2. The molecule has 3 aliphatic rings. The second-order valence-electron chi connectivity index (χ2n) is 31.7. The molecular formula is C111H103Ir2N8O4+. The average Bonchev–Trinajstić information content (AvgIpc) is 1.57. The third kappa shape index (κ3) is 19.6. The van der Waals surface area contributed by atoms with E-state index >= 15 is 0 Å². The maximum absolute atomic E-state index is 10.0. The van der Waals surface area contributed by atoms with Gasteiger partial charge in [0.05, 0.1) is 39.2 Å². The maximum atomic E-state index is 10.0. The van der Waals surface area contributed by atoms with Crippen LogP contribution < -0.4 is 13.7 Å². The molecule has 628 valence electrons. The summed E-state index contributed by atoms with van der Waals surface area (Å²) >= 11 is 0. The summed E-state index contributed by atoms with van der Waals surface area (Å²) in [7, 11) is 0. The van der Waals surface area contributed by atoms with E-state index in [4.69, 9.17) is 22.5 Å². The Hall–Kier alpha value is -13.2. The van der Waals surface area contributed by atoms with Gasteiger partial charge >= 0.3 is 0 Å². The van der Waals surface area contributed by atoms with Gasteiger partial charge in [-0.25, -0.2) is 13.7 Å². The SMILES string of the molecule is CC(=O)C=C(C)O.CC(=O)C=C(C)O.Cc1ccc2c(c1)n(-c1c(C)cccc1C)c1[n+]2Cc2ccccc2-1.Cc1ccc2c(c1)n(-c1ccccc1)c1[n+]2Cc2ccccc2-1.[2H]C([2H])([2H])c1ccc2c(c1)n1c([n+]2-c2c(C)cccc2C)-c2ccccc2C1.[2H]C([2H])([2H])c1ccc2ccc(-c3[c-]c(C)cc(C)c3)nc2c1.[2H]C([2H])([2H])c1ccc2ccc(-c3[c-]cccc3)nc2c1.[Ir].[Ir]. The second kappa shape index (κ2) is 39.1. The fraction of sp³-hybridized carbons (Fsp3) is 0.162. The Morgan fingerprint density at radius 2 is 0.848 bits per heavy atom. The molecule has 12 nitrogen and oxygen atoms in total. The smallest absolute Gasteiger partial charge is 0.295 e. The number of rotatable bonds is 7. The van der Waals surface area contributed by atoms with Crippen LogP contribution in [-0.4, -0.2) is 45.4 Å². The zero-order valence-electron chi connectivity index (χ0n) is 80.9. The van der Waals surface area contributed by atoms with E-state index in [1.807, 2.05) is 80.6 Å². The van der Waals surface area contributed by atoms with Gasteiger partial charge in [-0.05, 0) is 241 Å². The van der Waals surface area contributed by atoms with Crippen LogP contribution in [0.25, 0.3) is 129 Å². The topological polar surface area (TPSA) is 127 Å². The second-order valence-corrected chi connectivity index (χ2v) is 31.7. The first kappa shape index (κ1) is 77.8. The van der Waals surface area contributed by atoms with Gasteiger partial charge in [0.15, 0.2) is 44.7 Å². The summed E-state index contributed by atoms with van der Waals surface area (Å²) in [6, 6.07) is 105. The van der Waals surface area contributed by atoms with E-state index in [1.54, 1.807) is 42.5 Å². The number of ketones is 2. The molecule has 13 aromatic carbocycles. The minimum Gasteiger partial charge on any atom is -0.512 e. The van der Waals surface area contributed by atoms with Crippen LogP contribution in [0.3, 0.4) is 0 Å². The molecule has 3 aliphatic heterocycles. The van der Waals surface area contributed by atoms with Crippen LogP contribution in [0.4, 0.5) is 0 Å². The number of para-hydroxylation sites is 3. The number of aromatic nitrogens is 8. The van der Waals surface area contributed by atoms with Crippen LogP contribution in [0.2, 0.25) is 0 Å². The Morgan fingerprint density at radius 1 is 0.408 bits per heavy atom. The van der Waals surface area contributed by atoms with Crippen molar-refractivity contribution in [3.8, 4) is 73.7 Å². The van der Waals surface area contributed by atoms with Gasteiger partial charge in [0.2, 0.25) is 0 Å². The predicted octanol–water partition coefficient (Wildman–Crippen LogP) is 24.7. The molecule has 2 radical (unpaired) electrons. The molecule has 0 saturated heterocycles. The first-order valence-corrected chi connectivity index (χ1v) is 41.1. The molecule has 18 aromatic rings. The van der Waals surface area contributed by atoms with Gasteiger partial charge in [0, 0.05) is 81.4 Å². The number of carbonyl (C=O) groups excluding carboxylic acids is 2. The summed E-state index contributed by atoms with van der Waals surface area (Å²) in [6.07, 6.45) is 2.33. The third-order valence-electron chi connectivity index (χ3n) is 22.0. The van der Waals surface area contributed by atoms with Crippen molar-refractivity contribution in [2.24, 2.45) is 0 Å². The van der Waals surface area contributed by atoms with Gasteiger partial charge in [0.25, 0.3) is 17.5 Å². The summed E-state index contributed by atoms with van der Waals surface area (Å²) in [4.78, 5) is 29.2. The van der Waals surface area contributed by atoms with Crippen molar-refractivity contribution in [3.05, 3.63) is 405 Å². The predicted molar refractivity (Wildman–Crippen MR) is 502 cm³/mol. The minimum absolute atomic E-state index is 0. The fourth-order valence-electron chi connectivity index (χ4n) is 16.8. The van der Waals surface area contributed by atoms with E-state index < -0.39 is 20.6 Å². The number of pyridine rings is 2. The third-order valence-corrected chi connectivity index (χ3v) is 22.0. The molecule has 0 aliphatic carbocycles. The Kier molecular flexibility index (Phi) is 24.4. The first-order chi connectivity index (χ1) is 62.9. The van der Waals surface area contributed by atoms with Gasteiger partial charge in [-0.15, -0.1) is 70.8 Å². The van der Waals surface area contributed by atoms with Gasteiger partial charge in [-0.3, -0.25) is 19.6 Å². The van der Waals surface area contributed by atoms with Crippen molar-refractivity contribution in [1.82, 2.24) is 23.7 Å². The number of aryl methyl sites for hydroxylation is 11. The van der Waals surface area contributed by atoms with Crippen molar-refractivity contribution in [2.45, 2.75) is 123 Å². The molecule has 14 heteroatoms. The van der Waals surface area contributed by atoms with E-state index in [0.29, 0.717) is 27.7 Å². The molecule has 21 rings (SSSR count). The Balaban J connectivity index is 0.000000137. The zero-order chi connectivity index (χ0) is 93.9. The number of aliphatic hydroxyl groups is 2. The Labute approximate surface area is 772 Å². The van der Waals surface area contributed by atoms with Crippen molar-refractivity contribution < 1.29 is 86.1 Å². The molecule has 0 fully saturated rings. The number of allylic oxidation sites excluding steroid dienone is 4. The average molecular weight is 2010 g/mol. The Bertz CT molecular complexity index is 7460. The normalized spacial score (nSPS) is 13.0. The van der Waals surface area contributed by atoms with Crippen LogP contribution in [0, 0.1) is 88.1 Å². The quantitative estimate of drug-likeness (QED) is 0.0708. The molecule has 0 atom stereocenters. The van der Waals surface area contributed by atoms with E-state index in [9.17, 15) is 9.59 Å². The molecule has 8 heterocycles. The molecule has 0 bridgehead atoms. The van der Waals surface area contributed by atoms with Crippen LogP contribution >= 0.6 is 0 Å². The van der Waals surface area contributed by atoms with Crippen LogP contribution in [-0.2, 0) is 69.4 Å². The molecule has 0 amide bonds. The molecule has 2 N–H and O–H groups in total. The number of fused-ring (bicyclic) bond motifs is 17. The molecule has 0 saturated carbocycles. The van der Waals surface area contributed by atoms with Crippen molar-refractivity contribution >= 4 is 66.5 Å². The van der Waals surface area contributed by atoms with Crippen molar-refractivity contribution in [1.29, 1.82) is 0 Å². The van der Waals surface area contributed by atoms with Crippen LogP contribution in [0.15, 0.2) is 315 Å². The molecular weight excluding hydrogens is 1890 g/mol. The Morgan fingerprint density at radius 3 is 1.35 bits per heavy atom. The maximum Gasteiger partial charge on any atom is 0.295 e. The van der Waals surface area contributed by atoms with Gasteiger partial charge in [-0.2, -0.15) is 13.7 Å². The summed E-state index contributed by atoms with van der Waals surface area (Å²) < 4.78 is 82.8. The van der Waals surface area contributed by atoms with Crippen molar-refractivity contribution in [2.75, 3.05) is 0 Å². The van der Waals surface area contributed by atoms with Gasteiger partial charge < -0.3 is 10.2 Å². The standard InChI is InChI=1S/2C23H21N2.C21H17N2.C18H16N.C16H12N.2C5H8O2.2Ir/c1-15-11-12-20-21(13-15)24-14-18-9-4-5-10-19(18)23(24)25(20)22-16(2)7-6-8-17(22)3;1-15-11-12-20-21(13-15)25(22-16(2)7-6-8-17(22)3)23-19-10-5-4-9-18(19)14-24(20)23;1-15-11-12-19-20(13-15)23(17-8-3-2-4-9-17)21-18-10-6-5-7-16(18)14-22(19)21;1-12-4-5-15-6-7-17(19-18(15)11-12)16-9-13(2)8-14(3)10-16;1-12-7-8-14-9-10-15(17-16(14)11-12)13-5-3-2-4-6-13;2*1-4(6)3-5(2)7;;/h2*4-13H,14H2,1-3H3;2-13H,14H2,1H3;4-9,11H,1-3H3;2-5,7-11H,1H3;2*3,6H,1-2H3;;/q3*+1;2*-1;;;;/i1D3;;;2*1D3;;;;. The first-order valence-electron chi connectivity index (χ1n) is 45.6. The molecule has 5 aromatic heterocycles. The van der Waals surface area contributed by atoms with E-state index in [0.717, 1.165) is 80.9 Å². The van der Waals surface area contributed by atoms with E-state index in [1.165, 1.54) is 157 Å². The number of aliphatic hydroxyl groups excluding tert-OH is 2. The van der Waals surface area contributed by atoms with E-state index in [-0.39, 0.29) is 63.3 Å². The van der Waals surface area contributed by atoms with Gasteiger partial charge in [-0.1, -0.05) is 190 Å². The largest absolute Gasteiger partial charge is 0.512 e. The van der Waals surface area contributed by atoms with Crippen molar-refractivity contribution in [3.63, 3.8) is 0 Å². The summed E-state index contributed by atoms with van der Waals surface area (Å²) in [5, 5.41) is 18.6. The monoisotopic (exact) mass is 2010 g/mol. The minimum atomic E-state index is -2.12. The summed E-state index contributed by atoms with van der Waals surface area (Å²) in [6.45, 7) is 19.1. The summed E-state index contributed by atoms with van der Waals surface area (Å²) in [5.74, 6) is 3.58.